The van der Waals surface area contributed by atoms with Crippen molar-refractivity contribution >= 4 is 28.5 Å². The van der Waals surface area contributed by atoms with Crippen LogP contribution in [-0.2, 0) is 0 Å². The number of nitrogens with two attached hydrogens (primary N) is 1. The Morgan fingerprint density at radius 1 is 1.43 bits per heavy atom. The zero-order chi connectivity index (χ0) is 16.0. The Hall–Kier alpha value is -1.83. The van der Waals surface area contributed by atoms with E-state index < -0.39 is 5.91 Å². The molecule has 7 nitrogen and oxygen atoms in total. The molecule has 0 aromatic carbocycles. The molecule has 1 atom stereocenters. The number of nitrogens with one attached hydrogen (secondary N) is 1. The van der Waals surface area contributed by atoms with Crippen LogP contribution in [0.15, 0.2) is 0 Å². The lowest BCUT2D eigenvalue weighted by Crippen LogP contribution is -2.28. The number of anilines is 1. The van der Waals surface area contributed by atoms with Crippen molar-refractivity contribution in [2.24, 2.45) is 5.73 Å². The van der Waals surface area contributed by atoms with Crippen LogP contribution >= 0.6 is 11.5 Å². The molecular weight excluding hydrogens is 292 g/mol. The molecule has 0 fully saturated rings. The van der Waals surface area contributed by atoms with E-state index in [-0.39, 0.29) is 23.6 Å². The lowest BCUT2D eigenvalue weighted by atomic mass is 10.1. The van der Waals surface area contributed by atoms with Crippen molar-refractivity contribution in [1.82, 2.24) is 9.27 Å². The number of hydrogen-bond donors (Lipinski definition) is 2. The highest BCUT2D eigenvalue weighted by molar-refractivity contribution is 7.11. The second kappa shape index (κ2) is 7.82. The summed E-state index contributed by atoms with van der Waals surface area (Å²) in [5, 5.41) is 2.91. The van der Waals surface area contributed by atoms with E-state index in [1.807, 2.05) is 6.92 Å². The first-order valence-electron chi connectivity index (χ1n) is 6.85. The smallest absolute Gasteiger partial charge is 0.321 e. The number of rotatable bonds is 7. The quantitative estimate of drug-likeness (QED) is 0.806. The summed E-state index contributed by atoms with van der Waals surface area (Å²) in [4.78, 5) is 24.7. The molecule has 0 radical (unpaired) electrons. The highest BCUT2D eigenvalue weighted by Crippen LogP contribution is 2.31. The largest absolute Gasteiger partial charge is 0.473 e. The number of primary amides is 1. The molecule has 0 saturated heterocycles. The number of carbonyl (C=O) groups excluding carboxylic acids is 2. The molecule has 1 aromatic rings. The zero-order valence-corrected chi connectivity index (χ0v) is 13.6. The van der Waals surface area contributed by atoms with Crippen LogP contribution < -0.4 is 15.8 Å². The molecule has 1 unspecified atom stereocenters. The summed E-state index contributed by atoms with van der Waals surface area (Å²) in [5.74, 6) is -0.471. The van der Waals surface area contributed by atoms with Gasteiger partial charge in [0, 0.05) is 14.1 Å². The molecule has 0 aliphatic heterocycles. The number of urea groups is 1. The van der Waals surface area contributed by atoms with E-state index in [9.17, 15) is 9.59 Å². The molecule has 1 aromatic heterocycles. The fraction of sp³-hybridized carbons (Fsp3) is 0.615. The summed E-state index contributed by atoms with van der Waals surface area (Å²) < 4.78 is 9.86. The third kappa shape index (κ3) is 4.59. The Labute approximate surface area is 128 Å². The zero-order valence-electron chi connectivity index (χ0n) is 12.8. The highest BCUT2D eigenvalue weighted by Gasteiger charge is 2.24. The predicted octanol–water partition coefficient (Wildman–Crippen LogP) is 2.29. The maximum absolute atomic E-state index is 11.7. The molecule has 0 bridgehead atoms. The van der Waals surface area contributed by atoms with E-state index >= 15 is 0 Å². The van der Waals surface area contributed by atoms with Gasteiger partial charge in [-0.3, -0.25) is 10.1 Å². The molecule has 1 rings (SSSR count). The third-order valence-corrected chi connectivity index (χ3v) is 3.62. The van der Waals surface area contributed by atoms with Crippen molar-refractivity contribution in [2.45, 2.75) is 39.2 Å². The summed E-state index contributed by atoms with van der Waals surface area (Å²) in [7, 11) is 3.21. The van der Waals surface area contributed by atoms with E-state index in [2.05, 4.69) is 16.6 Å². The summed E-state index contributed by atoms with van der Waals surface area (Å²) in [6.07, 6.45) is 2.63. The third-order valence-electron chi connectivity index (χ3n) is 2.88. The van der Waals surface area contributed by atoms with Crippen LogP contribution in [0.1, 0.15) is 43.5 Å². The summed E-state index contributed by atoms with van der Waals surface area (Å²) >= 11 is 0.986. The van der Waals surface area contributed by atoms with Gasteiger partial charge in [0.1, 0.15) is 16.7 Å². The fourth-order valence-corrected chi connectivity index (χ4v) is 2.41. The fourth-order valence-electron chi connectivity index (χ4n) is 1.69. The maximum atomic E-state index is 11.7. The number of aromatic nitrogens is 1. The number of amides is 3. The van der Waals surface area contributed by atoms with Crippen molar-refractivity contribution in [3.8, 4) is 5.88 Å². The van der Waals surface area contributed by atoms with Gasteiger partial charge in [0.05, 0.1) is 0 Å². The van der Waals surface area contributed by atoms with Crippen LogP contribution in [0.5, 0.6) is 5.88 Å². The Morgan fingerprint density at radius 3 is 2.57 bits per heavy atom. The first-order chi connectivity index (χ1) is 9.90. The Morgan fingerprint density at radius 2 is 2.10 bits per heavy atom. The van der Waals surface area contributed by atoms with Gasteiger partial charge in [-0.05, 0) is 24.4 Å². The van der Waals surface area contributed by atoms with E-state index in [4.69, 9.17) is 10.5 Å². The van der Waals surface area contributed by atoms with Crippen LogP contribution in [-0.4, -0.2) is 41.4 Å². The molecule has 0 spiro atoms. The van der Waals surface area contributed by atoms with Gasteiger partial charge in [-0.25, -0.2) is 4.79 Å². The lowest BCUT2D eigenvalue weighted by molar-refractivity contribution is 0.0992. The molecule has 3 N–H and O–H groups in total. The minimum Gasteiger partial charge on any atom is -0.473 e. The van der Waals surface area contributed by atoms with E-state index in [0.717, 1.165) is 30.8 Å². The van der Waals surface area contributed by atoms with Gasteiger partial charge in [0.15, 0.2) is 0 Å². The number of nitrogens with zero attached hydrogens (tertiary/aromatic N) is 2. The Balaban J connectivity index is 2.98. The Bertz CT molecular complexity index is 502. The van der Waals surface area contributed by atoms with Crippen molar-refractivity contribution in [2.75, 3.05) is 19.4 Å². The van der Waals surface area contributed by atoms with Gasteiger partial charge in [-0.15, -0.1) is 0 Å². The summed E-state index contributed by atoms with van der Waals surface area (Å²) in [6, 6.07) is -0.353. The first-order valence-corrected chi connectivity index (χ1v) is 7.62. The van der Waals surface area contributed by atoms with Crippen molar-refractivity contribution in [1.29, 1.82) is 0 Å². The topological polar surface area (TPSA) is 97.6 Å². The van der Waals surface area contributed by atoms with Crippen molar-refractivity contribution in [3.63, 3.8) is 0 Å². The van der Waals surface area contributed by atoms with Crippen LogP contribution in [0, 0.1) is 0 Å². The van der Waals surface area contributed by atoms with E-state index in [1.54, 1.807) is 14.1 Å². The normalized spacial score (nSPS) is 11.8. The molecule has 8 heteroatoms. The molecule has 118 valence electrons. The molecular formula is C13H22N4O3S. The molecule has 0 aliphatic rings. The first kappa shape index (κ1) is 17.2. The van der Waals surface area contributed by atoms with Crippen LogP contribution in [0.25, 0.3) is 0 Å². The maximum Gasteiger partial charge on any atom is 0.321 e. The minimum atomic E-state index is -0.667. The number of carbonyl (C=O) groups is 2. The van der Waals surface area contributed by atoms with E-state index in [0.29, 0.717) is 5.00 Å². The SMILES string of the molecule is CCCC(CC)Oc1nsc(NC(=O)N(C)C)c1C(N)=O. The van der Waals surface area contributed by atoms with Crippen molar-refractivity contribution < 1.29 is 14.3 Å². The summed E-state index contributed by atoms with van der Waals surface area (Å²) in [6.45, 7) is 4.07. The van der Waals surface area contributed by atoms with Gasteiger partial charge in [0.25, 0.3) is 5.91 Å². The number of ether oxygens (including phenoxy) is 1. The average Bonchev–Trinajstić information content (AvgIpc) is 2.80. The van der Waals surface area contributed by atoms with Crippen LogP contribution in [0.3, 0.4) is 0 Å². The standard InChI is InChI=1S/C13H22N4O3S/c1-5-7-8(6-2)20-11-9(10(14)18)12(21-16-11)15-13(19)17(3)4/h8H,5-7H2,1-4H3,(H2,14,18)(H,15,19). The highest BCUT2D eigenvalue weighted by atomic mass is 32.1. The second-order valence-corrected chi connectivity index (χ2v) is 5.59. The second-order valence-electron chi connectivity index (χ2n) is 4.82. The summed E-state index contributed by atoms with van der Waals surface area (Å²) in [5.41, 5.74) is 5.52. The molecule has 1 heterocycles. The molecule has 0 saturated carbocycles. The predicted molar refractivity (Wildman–Crippen MR) is 83.0 cm³/mol. The van der Waals surface area contributed by atoms with Gasteiger partial charge in [-0.2, -0.15) is 4.37 Å². The van der Waals surface area contributed by atoms with Crippen LogP contribution in [0.4, 0.5) is 9.80 Å². The van der Waals surface area contributed by atoms with Crippen molar-refractivity contribution in [3.05, 3.63) is 5.56 Å². The average molecular weight is 314 g/mol. The van der Waals surface area contributed by atoms with Gasteiger partial charge in [-0.1, -0.05) is 20.3 Å². The van der Waals surface area contributed by atoms with Crippen LogP contribution in [0.2, 0.25) is 0 Å². The molecule has 3 amide bonds. The molecule has 21 heavy (non-hydrogen) atoms. The lowest BCUT2D eigenvalue weighted by Gasteiger charge is -2.15. The minimum absolute atomic E-state index is 0.0207. The van der Waals surface area contributed by atoms with Gasteiger partial charge >= 0.3 is 6.03 Å². The van der Waals surface area contributed by atoms with Gasteiger partial charge < -0.3 is 15.4 Å². The monoisotopic (exact) mass is 314 g/mol. The molecule has 0 aliphatic carbocycles. The van der Waals surface area contributed by atoms with Gasteiger partial charge in [0.2, 0.25) is 5.88 Å². The number of hydrogen-bond acceptors (Lipinski definition) is 5. The Kier molecular flexibility index (Phi) is 6.41. The van der Waals surface area contributed by atoms with E-state index in [1.165, 1.54) is 4.90 Å².